The number of nitro benzene ring substituents is 1. The Labute approximate surface area is 159 Å². The van der Waals surface area contributed by atoms with Crippen LogP contribution in [0.3, 0.4) is 0 Å². The van der Waals surface area contributed by atoms with Crippen LogP contribution in [-0.4, -0.2) is 39.1 Å². The first-order chi connectivity index (χ1) is 13.2. The maximum absolute atomic E-state index is 11.8. The van der Waals surface area contributed by atoms with Gasteiger partial charge in [-0.25, -0.2) is 14.4 Å². The Morgan fingerprint density at radius 1 is 1.18 bits per heavy atom. The number of nitro groups is 1. The summed E-state index contributed by atoms with van der Waals surface area (Å²) in [5.41, 5.74) is -0.774. The van der Waals surface area contributed by atoms with Crippen LogP contribution in [0.2, 0.25) is 0 Å². The lowest BCUT2D eigenvalue weighted by molar-refractivity contribution is -0.385. The van der Waals surface area contributed by atoms with Crippen LogP contribution >= 0.6 is 11.3 Å². The molecule has 0 bridgehead atoms. The number of rotatable bonds is 6. The van der Waals surface area contributed by atoms with Gasteiger partial charge < -0.3 is 25.6 Å². The molecule has 12 nitrogen and oxygen atoms in total. The van der Waals surface area contributed by atoms with Crippen LogP contribution in [0.5, 0.6) is 5.75 Å². The van der Waals surface area contributed by atoms with Gasteiger partial charge in [0.05, 0.1) is 17.0 Å². The van der Waals surface area contributed by atoms with E-state index in [-0.39, 0.29) is 27.7 Å². The van der Waals surface area contributed by atoms with Crippen molar-refractivity contribution < 1.29 is 39.1 Å². The molecule has 0 aliphatic carbocycles. The molecule has 2 amide bonds. The molecule has 0 atom stereocenters. The van der Waals surface area contributed by atoms with Crippen LogP contribution in [0.15, 0.2) is 30.3 Å². The average Bonchev–Trinajstić information content (AvgIpc) is 3.03. The Bertz CT molecular complexity index is 969. The quantitative estimate of drug-likeness (QED) is 0.313. The summed E-state index contributed by atoms with van der Waals surface area (Å²) in [4.78, 5) is 55.3. The normalized spacial score (nSPS) is 10.0. The number of hydrogen-bond donors (Lipinski definition) is 4. The number of carbonyl (C=O) groups excluding carboxylic acids is 2. The summed E-state index contributed by atoms with van der Waals surface area (Å²) >= 11 is 0.735. The van der Waals surface area contributed by atoms with Crippen LogP contribution < -0.4 is 15.4 Å². The van der Waals surface area contributed by atoms with Gasteiger partial charge in [-0.15, -0.1) is 11.3 Å². The van der Waals surface area contributed by atoms with Crippen molar-refractivity contribution in [1.82, 2.24) is 5.32 Å². The molecule has 2 aromatic rings. The van der Waals surface area contributed by atoms with Crippen LogP contribution in [0.1, 0.15) is 15.2 Å². The molecule has 0 aliphatic rings. The number of nitrogens with zero attached hydrogens (tertiary/aromatic N) is 1. The summed E-state index contributed by atoms with van der Waals surface area (Å²) in [6.07, 6.45) is -1.03. The molecule has 1 aromatic heterocycles. The molecule has 0 aliphatic heterocycles. The summed E-state index contributed by atoms with van der Waals surface area (Å²) in [6.45, 7) is -0.229. The second-order valence-corrected chi connectivity index (χ2v) is 6.12. The molecular formula is C15H11N3O9S. The van der Waals surface area contributed by atoms with E-state index in [9.17, 15) is 29.3 Å². The Hall–Kier alpha value is -4.00. The van der Waals surface area contributed by atoms with Gasteiger partial charge in [0, 0.05) is 10.9 Å². The van der Waals surface area contributed by atoms with Crippen LogP contribution in [-0.2, 0) is 16.1 Å². The molecule has 2 rings (SSSR count). The fourth-order valence-corrected chi connectivity index (χ4v) is 2.91. The molecule has 0 saturated heterocycles. The first-order valence-electron chi connectivity index (χ1n) is 7.28. The minimum absolute atomic E-state index is 0.219. The van der Waals surface area contributed by atoms with Gasteiger partial charge in [-0.2, -0.15) is 0 Å². The number of nitrogens with one attached hydrogen (secondary N) is 2. The van der Waals surface area contributed by atoms with Gasteiger partial charge in [-0.05, 0) is 12.1 Å². The molecule has 28 heavy (non-hydrogen) atoms. The first kappa shape index (κ1) is 20.3. The highest BCUT2D eigenvalue weighted by molar-refractivity contribution is 7.16. The van der Waals surface area contributed by atoms with Crippen LogP contribution in [0, 0.1) is 10.1 Å². The van der Waals surface area contributed by atoms with Gasteiger partial charge >= 0.3 is 29.6 Å². The van der Waals surface area contributed by atoms with Crippen molar-refractivity contribution in [1.29, 1.82) is 0 Å². The number of carboxylic acids is 2. The van der Waals surface area contributed by atoms with Gasteiger partial charge in [0.1, 0.15) is 5.00 Å². The second kappa shape index (κ2) is 8.59. The summed E-state index contributed by atoms with van der Waals surface area (Å²) in [5, 5.41) is 32.6. The molecule has 1 heterocycles. The van der Waals surface area contributed by atoms with E-state index in [0.717, 1.165) is 23.5 Å². The molecule has 0 spiro atoms. The van der Waals surface area contributed by atoms with Crippen molar-refractivity contribution in [3.05, 3.63) is 50.9 Å². The van der Waals surface area contributed by atoms with Crippen molar-refractivity contribution in [2.75, 3.05) is 5.32 Å². The number of amides is 2. The van der Waals surface area contributed by atoms with Crippen LogP contribution in [0.4, 0.5) is 15.5 Å². The average molecular weight is 409 g/mol. The van der Waals surface area contributed by atoms with Crippen molar-refractivity contribution >= 4 is 46.0 Å². The summed E-state index contributed by atoms with van der Waals surface area (Å²) < 4.78 is 4.86. The SMILES string of the molecule is O=C(NCc1cc(C(=O)O)c(NC(=O)C(=O)O)s1)Oc1ccccc1[N+](=O)[O-]. The molecule has 0 unspecified atom stereocenters. The topological polar surface area (TPSA) is 185 Å². The number of para-hydroxylation sites is 2. The Kier molecular flexibility index (Phi) is 6.23. The standard InChI is InChI=1S/C15H11N3O9S/c19-11(14(22)23)17-12-8(13(20)21)5-7(28-12)6-16-15(24)27-10-4-2-1-3-9(10)18(25)26/h1-5H,6H2,(H,16,24)(H,17,19)(H,20,21)(H,22,23). The zero-order valence-electron chi connectivity index (χ0n) is 13.7. The number of anilines is 1. The maximum atomic E-state index is 11.8. The van der Waals surface area contributed by atoms with E-state index < -0.39 is 34.5 Å². The van der Waals surface area contributed by atoms with Crippen molar-refractivity contribution in [2.24, 2.45) is 0 Å². The highest BCUT2D eigenvalue weighted by Gasteiger charge is 2.21. The second-order valence-electron chi connectivity index (χ2n) is 4.99. The third-order valence-corrected chi connectivity index (χ3v) is 4.16. The summed E-state index contributed by atoms with van der Waals surface area (Å²) in [5.74, 6) is -4.90. The number of ether oxygens (including phenoxy) is 1. The molecule has 0 radical (unpaired) electrons. The largest absolute Gasteiger partial charge is 0.478 e. The van der Waals surface area contributed by atoms with Gasteiger partial charge in [0.25, 0.3) is 0 Å². The highest BCUT2D eigenvalue weighted by Crippen LogP contribution is 2.29. The third-order valence-electron chi connectivity index (χ3n) is 3.11. The lowest BCUT2D eigenvalue weighted by atomic mass is 10.3. The fourth-order valence-electron chi connectivity index (χ4n) is 1.93. The number of carboxylic acid groups (broad SMARTS) is 2. The predicted molar refractivity (Wildman–Crippen MR) is 93.5 cm³/mol. The molecule has 146 valence electrons. The van der Waals surface area contributed by atoms with Crippen molar-refractivity contribution in [3.8, 4) is 5.75 Å². The van der Waals surface area contributed by atoms with Gasteiger partial charge in [-0.3, -0.25) is 14.9 Å². The number of aliphatic carboxylic acids is 1. The molecule has 4 N–H and O–H groups in total. The van der Waals surface area contributed by atoms with Crippen molar-refractivity contribution in [3.63, 3.8) is 0 Å². The monoisotopic (exact) mass is 409 g/mol. The number of aromatic carboxylic acids is 1. The lowest BCUT2D eigenvalue weighted by Gasteiger charge is -2.05. The maximum Gasteiger partial charge on any atom is 0.413 e. The fraction of sp³-hybridized carbons (Fsp3) is 0.0667. The Morgan fingerprint density at radius 3 is 2.46 bits per heavy atom. The molecular weight excluding hydrogens is 398 g/mol. The number of hydrogen-bond acceptors (Lipinski definition) is 8. The number of benzene rings is 1. The predicted octanol–water partition coefficient (Wildman–Crippen LogP) is 1.67. The Balaban J connectivity index is 2.07. The molecule has 0 fully saturated rings. The van der Waals surface area contributed by atoms with E-state index in [4.69, 9.17) is 14.9 Å². The first-order valence-corrected chi connectivity index (χ1v) is 8.10. The minimum atomic E-state index is -1.79. The van der Waals surface area contributed by atoms with E-state index in [2.05, 4.69) is 5.32 Å². The smallest absolute Gasteiger partial charge is 0.413 e. The lowest BCUT2D eigenvalue weighted by Crippen LogP contribution is -2.26. The molecule has 13 heteroatoms. The van der Waals surface area contributed by atoms with Gasteiger partial charge in [0.2, 0.25) is 5.75 Å². The van der Waals surface area contributed by atoms with Crippen LogP contribution in [0.25, 0.3) is 0 Å². The van der Waals surface area contributed by atoms with E-state index >= 15 is 0 Å². The molecule has 0 saturated carbocycles. The zero-order valence-corrected chi connectivity index (χ0v) is 14.5. The van der Waals surface area contributed by atoms with Crippen molar-refractivity contribution in [2.45, 2.75) is 6.54 Å². The van der Waals surface area contributed by atoms with Gasteiger partial charge in [-0.1, -0.05) is 12.1 Å². The number of carbonyl (C=O) groups is 4. The minimum Gasteiger partial charge on any atom is -0.478 e. The van der Waals surface area contributed by atoms with Gasteiger partial charge in [0.15, 0.2) is 0 Å². The van der Waals surface area contributed by atoms with E-state index in [1.165, 1.54) is 18.2 Å². The molecule has 1 aromatic carbocycles. The highest BCUT2D eigenvalue weighted by atomic mass is 32.1. The number of thiophene rings is 1. The van der Waals surface area contributed by atoms with E-state index in [1.807, 2.05) is 5.32 Å². The summed E-state index contributed by atoms with van der Waals surface area (Å²) in [7, 11) is 0. The zero-order chi connectivity index (χ0) is 20.8. The Morgan fingerprint density at radius 2 is 1.86 bits per heavy atom. The van der Waals surface area contributed by atoms with E-state index in [1.54, 1.807) is 0 Å². The third kappa shape index (κ3) is 5.01. The van der Waals surface area contributed by atoms with E-state index in [0.29, 0.717) is 0 Å². The summed E-state index contributed by atoms with van der Waals surface area (Å²) in [6, 6.07) is 6.35.